The second kappa shape index (κ2) is 11.8. The average Bonchev–Trinajstić information content (AvgIpc) is 2.92. The summed E-state index contributed by atoms with van der Waals surface area (Å²) in [7, 11) is -2.49. The van der Waals surface area contributed by atoms with Crippen LogP contribution in [0.15, 0.2) is 71.6 Å². The minimum atomic E-state index is -3.90. The van der Waals surface area contributed by atoms with Crippen molar-refractivity contribution in [3.8, 4) is 16.9 Å². The molecule has 9 nitrogen and oxygen atoms in total. The Morgan fingerprint density at radius 3 is 2.58 bits per heavy atom. The minimum absolute atomic E-state index is 0.0217. The number of halogens is 1. The Morgan fingerprint density at radius 2 is 1.89 bits per heavy atom. The van der Waals surface area contributed by atoms with Gasteiger partial charge in [-0.2, -0.15) is 4.31 Å². The van der Waals surface area contributed by atoms with Crippen molar-refractivity contribution in [2.45, 2.75) is 17.5 Å². The van der Waals surface area contributed by atoms with Gasteiger partial charge in [0.1, 0.15) is 17.7 Å². The Bertz CT molecular complexity index is 1420. The first-order chi connectivity index (χ1) is 18.1. The smallest absolute Gasteiger partial charge is 0.341 e. The van der Waals surface area contributed by atoms with Crippen LogP contribution in [0.2, 0.25) is 0 Å². The monoisotopic (exact) mass is 542 g/mol. The van der Waals surface area contributed by atoms with Gasteiger partial charge in [0, 0.05) is 37.8 Å². The van der Waals surface area contributed by atoms with Crippen molar-refractivity contribution in [3.63, 3.8) is 0 Å². The van der Waals surface area contributed by atoms with Crippen molar-refractivity contribution in [2.75, 3.05) is 33.4 Å². The second-order valence-electron chi connectivity index (χ2n) is 8.74. The number of carboxylic acid groups (broad SMARTS) is 1. The summed E-state index contributed by atoms with van der Waals surface area (Å²) in [6, 6.07) is 16.2. The molecule has 0 amide bonds. The fourth-order valence-electron chi connectivity index (χ4n) is 4.05. The molecule has 1 aliphatic rings. The highest BCUT2D eigenvalue weighted by atomic mass is 32.2. The van der Waals surface area contributed by atoms with E-state index in [0.29, 0.717) is 42.0 Å². The lowest BCUT2D eigenvalue weighted by Gasteiger charge is -2.22. The van der Waals surface area contributed by atoms with Crippen LogP contribution in [0.1, 0.15) is 15.9 Å². The minimum Gasteiger partial charge on any atom is -0.481 e. The van der Waals surface area contributed by atoms with Crippen molar-refractivity contribution in [3.05, 3.63) is 83.7 Å². The summed E-state index contributed by atoms with van der Waals surface area (Å²) in [4.78, 5) is 24.1. The zero-order chi connectivity index (χ0) is 27.3. The number of hydrogen-bond donors (Lipinski definition) is 2. The van der Waals surface area contributed by atoms with Crippen LogP contribution in [0.3, 0.4) is 0 Å². The first kappa shape index (κ1) is 27.4. The fourth-order valence-corrected chi connectivity index (χ4v) is 5.21. The van der Waals surface area contributed by atoms with Gasteiger partial charge in [-0.25, -0.2) is 17.6 Å². The SMILES string of the molecule is CN(Cc1ccc(OCC(=O)O)c(-c2cccc(C(=O)C3CNCCO3)c2)c1)S(=O)(=O)c1ccc(F)cc1. The number of hydrogen-bond acceptors (Lipinski definition) is 7. The Kier molecular flexibility index (Phi) is 8.52. The third-order valence-electron chi connectivity index (χ3n) is 6.00. The molecule has 2 N–H and O–H groups in total. The zero-order valence-corrected chi connectivity index (χ0v) is 21.4. The third kappa shape index (κ3) is 6.43. The van der Waals surface area contributed by atoms with E-state index in [0.717, 1.165) is 16.4 Å². The zero-order valence-electron chi connectivity index (χ0n) is 20.6. The first-order valence-electron chi connectivity index (χ1n) is 11.8. The first-order valence-corrected chi connectivity index (χ1v) is 13.3. The highest BCUT2D eigenvalue weighted by Crippen LogP contribution is 2.33. The number of morpholine rings is 1. The Balaban J connectivity index is 1.65. The van der Waals surface area contributed by atoms with Crippen LogP contribution in [0.5, 0.6) is 5.75 Å². The summed E-state index contributed by atoms with van der Waals surface area (Å²) in [6.45, 7) is 0.907. The number of ether oxygens (including phenoxy) is 2. The lowest BCUT2D eigenvalue weighted by atomic mass is 9.97. The van der Waals surface area contributed by atoms with Gasteiger partial charge in [-0.05, 0) is 53.6 Å². The number of carboxylic acids is 1. The summed E-state index contributed by atoms with van der Waals surface area (Å²) in [6.07, 6.45) is -0.613. The van der Waals surface area contributed by atoms with Crippen molar-refractivity contribution < 1.29 is 37.0 Å². The van der Waals surface area contributed by atoms with Gasteiger partial charge in [-0.15, -0.1) is 0 Å². The number of sulfonamides is 1. The molecule has 3 aromatic carbocycles. The molecule has 1 fully saturated rings. The highest BCUT2D eigenvalue weighted by molar-refractivity contribution is 7.89. The van der Waals surface area contributed by atoms with E-state index in [1.807, 2.05) is 0 Å². The van der Waals surface area contributed by atoms with Crippen LogP contribution >= 0.6 is 0 Å². The molecule has 0 saturated carbocycles. The maximum absolute atomic E-state index is 13.3. The van der Waals surface area contributed by atoms with Crippen LogP contribution < -0.4 is 10.1 Å². The predicted octanol–water partition coefficient (Wildman–Crippen LogP) is 2.95. The third-order valence-corrected chi connectivity index (χ3v) is 7.82. The molecule has 0 aliphatic carbocycles. The molecule has 1 saturated heterocycles. The Labute approximate surface area is 219 Å². The molecule has 3 aromatic rings. The summed E-state index contributed by atoms with van der Waals surface area (Å²) in [5.74, 6) is -1.62. The summed E-state index contributed by atoms with van der Waals surface area (Å²) in [5, 5.41) is 12.2. The van der Waals surface area contributed by atoms with Crippen molar-refractivity contribution >= 4 is 21.8 Å². The predicted molar refractivity (Wildman–Crippen MR) is 137 cm³/mol. The molecule has 1 aliphatic heterocycles. The van der Waals surface area contributed by atoms with E-state index in [4.69, 9.17) is 14.6 Å². The molecule has 0 aromatic heterocycles. The van der Waals surface area contributed by atoms with E-state index < -0.39 is 34.5 Å². The number of nitrogens with zero attached hydrogens (tertiary/aromatic N) is 1. The van der Waals surface area contributed by atoms with Crippen LogP contribution in [-0.2, 0) is 26.1 Å². The van der Waals surface area contributed by atoms with Gasteiger partial charge >= 0.3 is 5.97 Å². The fraction of sp³-hybridized carbons (Fsp3) is 0.259. The van der Waals surface area contributed by atoms with E-state index in [1.54, 1.807) is 42.5 Å². The Morgan fingerprint density at radius 1 is 1.13 bits per heavy atom. The molecule has 1 heterocycles. The summed E-state index contributed by atoms with van der Waals surface area (Å²) in [5.41, 5.74) is 2.09. The summed E-state index contributed by atoms with van der Waals surface area (Å²) >= 11 is 0. The van der Waals surface area contributed by atoms with Crippen LogP contribution in [0.25, 0.3) is 11.1 Å². The van der Waals surface area contributed by atoms with Gasteiger partial charge in [0.05, 0.1) is 11.5 Å². The number of nitrogens with one attached hydrogen (secondary N) is 1. The molecule has 0 bridgehead atoms. The van der Waals surface area contributed by atoms with Crippen molar-refractivity contribution in [1.29, 1.82) is 0 Å². The largest absolute Gasteiger partial charge is 0.481 e. The topological polar surface area (TPSA) is 122 Å². The molecule has 11 heteroatoms. The van der Waals surface area contributed by atoms with Crippen molar-refractivity contribution in [2.24, 2.45) is 0 Å². The maximum atomic E-state index is 13.3. The number of aliphatic carboxylic acids is 1. The van der Waals surface area contributed by atoms with E-state index >= 15 is 0 Å². The number of ketones is 1. The molecule has 0 spiro atoms. The lowest BCUT2D eigenvalue weighted by Crippen LogP contribution is -2.43. The molecule has 4 rings (SSSR count). The van der Waals surface area contributed by atoms with Crippen molar-refractivity contribution in [1.82, 2.24) is 9.62 Å². The number of rotatable bonds is 10. The molecule has 0 radical (unpaired) electrons. The number of carbonyl (C=O) groups excluding carboxylic acids is 1. The van der Waals surface area contributed by atoms with E-state index in [1.165, 1.54) is 19.2 Å². The molecular weight excluding hydrogens is 515 g/mol. The standard InChI is InChI=1S/C27H27FN2O7S/c1-30(38(34,35)22-8-6-21(28)7-9-22)16-18-5-10-24(37-17-26(31)32)23(13-18)19-3-2-4-20(14-19)27(33)25-15-29-11-12-36-25/h2-10,13-14,25,29H,11-12,15-17H2,1H3,(H,31,32). The molecule has 200 valence electrons. The maximum Gasteiger partial charge on any atom is 0.341 e. The van der Waals surface area contributed by atoms with E-state index in [2.05, 4.69) is 5.32 Å². The number of carbonyl (C=O) groups is 2. The molecule has 38 heavy (non-hydrogen) atoms. The number of Topliss-reactive ketones (excluding diaryl/α,β-unsaturated/α-hetero) is 1. The van der Waals surface area contributed by atoms with Crippen LogP contribution in [0.4, 0.5) is 4.39 Å². The quantitative estimate of drug-likeness (QED) is 0.375. The normalized spacial score (nSPS) is 15.8. The molecular formula is C27H27FN2O7S. The second-order valence-corrected chi connectivity index (χ2v) is 10.8. The van der Waals surface area contributed by atoms with Gasteiger partial charge in [0.2, 0.25) is 10.0 Å². The van der Waals surface area contributed by atoms with Crippen LogP contribution in [0, 0.1) is 5.82 Å². The number of benzene rings is 3. The molecule has 1 unspecified atom stereocenters. The van der Waals surface area contributed by atoms with E-state index in [-0.39, 0.29) is 23.0 Å². The highest BCUT2D eigenvalue weighted by Gasteiger charge is 2.24. The Hall–Kier alpha value is -3.64. The van der Waals surface area contributed by atoms with E-state index in [9.17, 15) is 22.4 Å². The van der Waals surface area contributed by atoms with Gasteiger partial charge < -0.3 is 19.9 Å². The van der Waals surface area contributed by atoms with Gasteiger partial charge in [0.15, 0.2) is 12.4 Å². The lowest BCUT2D eigenvalue weighted by molar-refractivity contribution is -0.139. The van der Waals surface area contributed by atoms with Gasteiger partial charge in [-0.3, -0.25) is 4.79 Å². The average molecular weight is 543 g/mol. The summed E-state index contributed by atoms with van der Waals surface area (Å²) < 4.78 is 51.4. The van der Waals surface area contributed by atoms with Gasteiger partial charge in [-0.1, -0.05) is 24.3 Å². The van der Waals surface area contributed by atoms with Gasteiger partial charge in [0.25, 0.3) is 0 Å². The molecule has 1 atom stereocenters. The van der Waals surface area contributed by atoms with Crippen LogP contribution in [-0.4, -0.2) is 69.0 Å².